The Balaban J connectivity index is 1.31. The van der Waals surface area contributed by atoms with Crippen molar-refractivity contribution in [2.45, 2.75) is 6.42 Å². The summed E-state index contributed by atoms with van der Waals surface area (Å²) in [7, 11) is 0. The van der Waals surface area contributed by atoms with Crippen molar-refractivity contribution >= 4 is 28.3 Å². The minimum Gasteiger partial charge on any atom is -0.340 e. The molecule has 3 aromatic rings. The lowest BCUT2D eigenvalue weighted by Gasteiger charge is -2.34. The Kier molecular flexibility index (Phi) is 6.03. The first-order valence-electron chi connectivity index (χ1n) is 10.0. The monoisotopic (exact) mass is 423 g/mol. The van der Waals surface area contributed by atoms with Gasteiger partial charge < -0.3 is 10.2 Å². The molecule has 0 bridgehead atoms. The van der Waals surface area contributed by atoms with Crippen molar-refractivity contribution in [3.63, 3.8) is 0 Å². The number of nitrogens with one attached hydrogen (secondary N) is 2. The number of halogens is 1. The van der Waals surface area contributed by atoms with Crippen LogP contribution in [0.1, 0.15) is 5.69 Å². The Morgan fingerprint density at radius 3 is 2.52 bits per heavy atom. The number of benzene rings is 2. The van der Waals surface area contributed by atoms with Crippen LogP contribution in [0.4, 0.5) is 10.1 Å². The normalized spacial score (nSPS) is 14.5. The van der Waals surface area contributed by atoms with Crippen molar-refractivity contribution in [2.75, 3.05) is 38.0 Å². The van der Waals surface area contributed by atoms with E-state index in [-0.39, 0.29) is 30.3 Å². The molecular formula is C22H22FN5O3. The molecule has 1 saturated heterocycles. The maximum Gasteiger partial charge on any atom is 0.272 e. The van der Waals surface area contributed by atoms with E-state index in [4.69, 9.17) is 0 Å². The Morgan fingerprint density at radius 1 is 1.03 bits per heavy atom. The molecule has 2 N–H and O–H groups in total. The Hall–Kier alpha value is -3.59. The molecule has 8 nitrogen and oxygen atoms in total. The second-order valence-electron chi connectivity index (χ2n) is 7.44. The van der Waals surface area contributed by atoms with Crippen molar-refractivity contribution in [3.8, 4) is 0 Å². The number of hydrogen-bond acceptors (Lipinski definition) is 5. The topological polar surface area (TPSA) is 98.4 Å². The lowest BCUT2D eigenvalue weighted by atomic mass is 10.1. The number of amides is 2. The number of carbonyl (C=O) groups is 2. The molecule has 1 aliphatic rings. The van der Waals surface area contributed by atoms with E-state index in [9.17, 15) is 18.8 Å². The van der Waals surface area contributed by atoms with Crippen molar-refractivity contribution in [1.29, 1.82) is 0 Å². The Bertz CT molecular complexity index is 1170. The summed E-state index contributed by atoms with van der Waals surface area (Å²) in [5.74, 6) is -0.711. The number of anilines is 1. The van der Waals surface area contributed by atoms with Crippen LogP contribution in [0.15, 0.2) is 53.3 Å². The average molecular weight is 423 g/mol. The fraction of sp³-hybridized carbons (Fsp3) is 0.273. The molecule has 1 aliphatic heterocycles. The number of piperazine rings is 1. The third-order valence-electron chi connectivity index (χ3n) is 5.29. The van der Waals surface area contributed by atoms with Gasteiger partial charge in [-0.25, -0.2) is 9.49 Å². The summed E-state index contributed by atoms with van der Waals surface area (Å²) in [6.45, 7) is 2.27. The summed E-state index contributed by atoms with van der Waals surface area (Å²) in [4.78, 5) is 40.6. The highest BCUT2D eigenvalue weighted by molar-refractivity contribution is 5.92. The molecule has 0 spiro atoms. The van der Waals surface area contributed by atoms with Gasteiger partial charge >= 0.3 is 0 Å². The van der Waals surface area contributed by atoms with E-state index < -0.39 is 5.82 Å². The van der Waals surface area contributed by atoms with Crippen molar-refractivity contribution in [3.05, 3.63) is 70.4 Å². The minimum atomic E-state index is -0.408. The predicted octanol–water partition coefficient (Wildman–Crippen LogP) is 1.39. The van der Waals surface area contributed by atoms with E-state index in [2.05, 4.69) is 15.5 Å². The van der Waals surface area contributed by atoms with Crippen molar-refractivity contribution < 1.29 is 14.0 Å². The predicted molar refractivity (Wildman–Crippen MR) is 114 cm³/mol. The van der Waals surface area contributed by atoms with Gasteiger partial charge in [0.1, 0.15) is 5.82 Å². The zero-order chi connectivity index (χ0) is 21.8. The van der Waals surface area contributed by atoms with Crippen LogP contribution >= 0.6 is 0 Å². The Morgan fingerprint density at radius 2 is 1.77 bits per heavy atom. The highest BCUT2D eigenvalue weighted by atomic mass is 19.1. The van der Waals surface area contributed by atoms with Crippen LogP contribution in [0.5, 0.6) is 0 Å². The maximum absolute atomic E-state index is 13.2. The van der Waals surface area contributed by atoms with Gasteiger partial charge in [0.05, 0.1) is 24.0 Å². The van der Waals surface area contributed by atoms with Gasteiger partial charge in [0.2, 0.25) is 11.8 Å². The summed E-state index contributed by atoms with van der Waals surface area (Å²) in [5.41, 5.74) is 0.675. The SMILES string of the molecule is O=C(CN1CCN(C(=O)Cc2n[nH]c(=O)c3ccccc23)CC1)Nc1cccc(F)c1. The molecule has 0 aliphatic carbocycles. The molecular weight excluding hydrogens is 401 g/mol. The highest BCUT2D eigenvalue weighted by Crippen LogP contribution is 2.14. The second kappa shape index (κ2) is 9.05. The van der Waals surface area contributed by atoms with E-state index in [0.29, 0.717) is 48.3 Å². The zero-order valence-electron chi connectivity index (χ0n) is 16.8. The lowest BCUT2D eigenvalue weighted by molar-refractivity contribution is -0.132. The van der Waals surface area contributed by atoms with Crippen LogP contribution in [0, 0.1) is 5.82 Å². The van der Waals surface area contributed by atoms with Crippen LogP contribution < -0.4 is 10.9 Å². The number of aromatic nitrogens is 2. The number of carbonyl (C=O) groups excluding carboxylic acids is 2. The average Bonchev–Trinajstić information content (AvgIpc) is 2.76. The van der Waals surface area contributed by atoms with E-state index >= 15 is 0 Å². The molecule has 0 radical (unpaired) electrons. The molecule has 31 heavy (non-hydrogen) atoms. The number of aromatic amines is 1. The number of hydrogen-bond donors (Lipinski definition) is 2. The van der Waals surface area contributed by atoms with E-state index in [0.717, 1.165) is 0 Å². The molecule has 0 unspecified atom stereocenters. The molecule has 0 atom stereocenters. The molecule has 2 amide bonds. The van der Waals surface area contributed by atoms with Gasteiger partial charge in [0.15, 0.2) is 0 Å². The summed E-state index contributed by atoms with van der Waals surface area (Å²) >= 11 is 0. The smallest absolute Gasteiger partial charge is 0.272 e. The summed E-state index contributed by atoms with van der Waals surface area (Å²) in [6, 6.07) is 12.8. The zero-order valence-corrected chi connectivity index (χ0v) is 16.8. The second-order valence-corrected chi connectivity index (χ2v) is 7.44. The van der Waals surface area contributed by atoms with Crippen LogP contribution in [0.25, 0.3) is 10.8 Å². The third-order valence-corrected chi connectivity index (χ3v) is 5.29. The van der Waals surface area contributed by atoms with Gasteiger partial charge in [0, 0.05) is 37.3 Å². The summed E-state index contributed by atoms with van der Waals surface area (Å²) in [6.07, 6.45) is 0.0946. The van der Waals surface area contributed by atoms with E-state index in [1.54, 1.807) is 29.2 Å². The number of fused-ring (bicyclic) bond motifs is 1. The fourth-order valence-corrected chi connectivity index (χ4v) is 3.69. The number of rotatable bonds is 5. The van der Waals surface area contributed by atoms with E-state index in [1.165, 1.54) is 18.2 Å². The van der Waals surface area contributed by atoms with Gasteiger partial charge in [-0.3, -0.25) is 19.3 Å². The molecule has 2 heterocycles. The quantitative estimate of drug-likeness (QED) is 0.646. The first-order valence-corrected chi connectivity index (χ1v) is 10.0. The first kappa shape index (κ1) is 20.7. The van der Waals surface area contributed by atoms with Gasteiger partial charge in [-0.2, -0.15) is 5.10 Å². The largest absolute Gasteiger partial charge is 0.340 e. The van der Waals surface area contributed by atoms with Gasteiger partial charge in [-0.1, -0.05) is 24.3 Å². The third kappa shape index (κ3) is 4.95. The number of H-pyrrole nitrogens is 1. The van der Waals surface area contributed by atoms with Gasteiger partial charge in [-0.15, -0.1) is 0 Å². The molecule has 1 fully saturated rings. The molecule has 2 aromatic carbocycles. The first-order chi connectivity index (χ1) is 15.0. The lowest BCUT2D eigenvalue weighted by Crippen LogP contribution is -2.50. The standard InChI is InChI=1S/C22H22FN5O3/c23-15-4-3-5-16(12-15)24-20(29)14-27-8-10-28(11-9-27)21(30)13-19-17-6-1-2-7-18(17)22(31)26-25-19/h1-7,12H,8-11,13-14H2,(H,24,29)(H,26,31). The van der Waals surface area contributed by atoms with Crippen LogP contribution in [0.2, 0.25) is 0 Å². The minimum absolute atomic E-state index is 0.0754. The highest BCUT2D eigenvalue weighted by Gasteiger charge is 2.23. The molecule has 9 heteroatoms. The van der Waals surface area contributed by atoms with Gasteiger partial charge in [-0.05, 0) is 24.3 Å². The molecule has 4 rings (SSSR count). The van der Waals surface area contributed by atoms with Crippen LogP contribution in [-0.4, -0.2) is 64.5 Å². The van der Waals surface area contributed by atoms with E-state index in [1.807, 2.05) is 11.0 Å². The fourth-order valence-electron chi connectivity index (χ4n) is 3.69. The van der Waals surface area contributed by atoms with Crippen molar-refractivity contribution in [2.24, 2.45) is 0 Å². The molecule has 1 aromatic heterocycles. The van der Waals surface area contributed by atoms with Crippen LogP contribution in [-0.2, 0) is 16.0 Å². The van der Waals surface area contributed by atoms with Gasteiger partial charge in [0.25, 0.3) is 5.56 Å². The molecule has 0 saturated carbocycles. The maximum atomic E-state index is 13.2. The van der Waals surface area contributed by atoms with Crippen molar-refractivity contribution in [1.82, 2.24) is 20.0 Å². The summed E-state index contributed by atoms with van der Waals surface area (Å²) in [5, 5.41) is 10.4. The molecule has 160 valence electrons. The summed E-state index contributed by atoms with van der Waals surface area (Å²) < 4.78 is 13.2. The Labute approximate surface area is 177 Å². The van der Waals surface area contributed by atoms with Crippen LogP contribution in [0.3, 0.4) is 0 Å². The number of nitrogens with zero attached hydrogens (tertiary/aromatic N) is 3.